The molecule has 1 aliphatic rings. The number of hydrogen-bond acceptors (Lipinski definition) is 3. The molecule has 5 heteroatoms. The van der Waals surface area contributed by atoms with Crippen LogP contribution in [0.5, 0.6) is 0 Å². The zero-order valence-electron chi connectivity index (χ0n) is 12.5. The van der Waals surface area contributed by atoms with E-state index < -0.39 is 0 Å². The van der Waals surface area contributed by atoms with Crippen LogP contribution in [0.2, 0.25) is 5.02 Å². The van der Waals surface area contributed by atoms with Crippen LogP contribution in [0, 0.1) is 5.41 Å². The lowest BCUT2D eigenvalue weighted by molar-refractivity contribution is 0.232. The molecular formula is C16H21ClN4. The summed E-state index contributed by atoms with van der Waals surface area (Å²) in [5.41, 5.74) is 2.49. The van der Waals surface area contributed by atoms with Gasteiger partial charge in [-0.05, 0) is 49.3 Å². The number of hydrogen-bond donors (Lipinski definition) is 1. The van der Waals surface area contributed by atoms with E-state index in [1.807, 2.05) is 18.2 Å². The molecular weight excluding hydrogens is 284 g/mol. The Morgan fingerprint density at radius 2 is 2.05 bits per heavy atom. The Kier molecular flexibility index (Phi) is 3.89. The molecule has 0 amide bonds. The maximum absolute atomic E-state index is 6.16. The van der Waals surface area contributed by atoms with Crippen LogP contribution in [0.4, 0.5) is 5.69 Å². The molecule has 4 nitrogen and oxygen atoms in total. The molecule has 1 aliphatic carbocycles. The molecule has 1 N–H and O–H groups in total. The Bertz CT molecular complexity index is 597. The summed E-state index contributed by atoms with van der Waals surface area (Å²) in [4.78, 5) is 4.02. The lowest BCUT2D eigenvalue weighted by Crippen LogP contribution is -2.30. The second-order valence-electron chi connectivity index (χ2n) is 6.58. The van der Waals surface area contributed by atoms with Crippen LogP contribution in [-0.4, -0.2) is 20.8 Å². The van der Waals surface area contributed by atoms with Gasteiger partial charge in [0.15, 0.2) is 0 Å². The van der Waals surface area contributed by atoms with Crippen molar-refractivity contribution in [1.29, 1.82) is 0 Å². The highest BCUT2D eigenvalue weighted by Gasteiger charge is 2.27. The lowest BCUT2D eigenvalue weighted by Gasteiger charge is -2.35. The van der Waals surface area contributed by atoms with Crippen LogP contribution in [0.15, 0.2) is 30.9 Å². The fourth-order valence-corrected chi connectivity index (χ4v) is 3.09. The maximum atomic E-state index is 6.16. The van der Waals surface area contributed by atoms with Crippen molar-refractivity contribution in [1.82, 2.24) is 14.8 Å². The van der Waals surface area contributed by atoms with Crippen LogP contribution in [0.25, 0.3) is 5.69 Å². The molecule has 21 heavy (non-hydrogen) atoms. The molecule has 1 heterocycles. The standard InChI is InChI=1S/C16H21ClN4/c1-16(2)7-5-13(6-8-16)20-14-9-12(17)3-4-15(14)21-11-18-10-19-21/h3-4,9-11,13,20H,5-8H2,1-2H3. The molecule has 0 unspecified atom stereocenters. The Morgan fingerprint density at radius 1 is 1.29 bits per heavy atom. The Balaban J connectivity index is 1.80. The van der Waals surface area contributed by atoms with Crippen molar-refractivity contribution < 1.29 is 0 Å². The molecule has 1 aromatic heterocycles. The number of rotatable bonds is 3. The average Bonchev–Trinajstić information content (AvgIpc) is 2.95. The maximum Gasteiger partial charge on any atom is 0.138 e. The van der Waals surface area contributed by atoms with Gasteiger partial charge in [-0.2, -0.15) is 5.10 Å². The number of aromatic nitrogens is 3. The predicted octanol–water partition coefficient (Wildman–Crippen LogP) is 4.30. The van der Waals surface area contributed by atoms with Gasteiger partial charge in [-0.15, -0.1) is 0 Å². The monoisotopic (exact) mass is 304 g/mol. The SMILES string of the molecule is CC1(C)CCC(Nc2cc(Cl)ccc2-n2cncn2)CC1. The smallest absolute Gasteiger partial charge is 0.138 e. The summed E-state index contributed by atoms with van der Waals surface area (Å²) < 4.78 is 1.77. The minimum atomic E-state index is 0.473. The van der Waals surface area contributed by atoms with E-state index in [9.17, 15) is 0 Å². The summed E-state index contributed by atoms with van der Waals surface area (Å²) in [6, 6.07) is 6.33. The highest BCUT2D eigenvalue weighted by atomic mass is 35.5. The zero-order chi connectivity index (χ0) is 14.9. The zero-order valence-corrected chi connectivity index (χ0v) is 13.3. The number of nitrogens with zero attached hydrogens (tertiary/aromatic N) is 3. The molecule has 1 aromatic carbocycles. The van der Waals surface area contributed by atoms with Gasteiger partial charge in [0.2, 0.25) is 0 Å². The van der Waals surface area contributed by atoms with Crippen LogP contribution in [0.3, 0.4) is 0 Å². The summed E-state index contributed by atoms with van der Waals surface area (Å²) >= 11 is 6.16. The van der Waals surface area contributed by atoms with Crippen LogP contribution >= 0.6 is 11.6 Å². The summed E-state index contributed by atoms with van der Waals surface area (Å²) in [5.74, 6) is 0. The first-order valence-corrected chi connectivity index (χ1v) is 7.82. The molecule has 0 radical (unpaired) electrons. The average molecular weight is 305 g/mol. The molecule has 0 atom stereocenters. The molecule has 0 aliphatic heterocycles. The second-order valence-corrected chi connectivity index (χ2v) is 7.02. The Labute approximate surface area is 130 Å². The third kappa shape index (κ3) is 3.38. The van der Waals surface area contributed by atoms with E-state index in [0.29, 0.717) is 11.5 Å². The molecule has 3 rings (SSSR count). The van der Waals surface area contributed by atoms with Gasteiger partial charge in [0.25, 0.3) is 0 Å². The van der Waals surface area contributed by atoms with Crippen molar-refractivity contribution in [3.05, 3.63) is 35.9 Å². The van der Waals surface area contributed by atoms with Gasteiger partial charge in [-0.25, -0.2) is 9.67 Å². The summed E-state index contributed by atoms with van der Waals surface area (Å²) in [6.45, 7) is 4.70. The third-order valence-corrected chi connectivity index (χ3v) is 4.56. The van der Waals surface area contributed by atoms with Crippen molar-refractivity contribution in [2.45, 2.75) is 45.6 Å². The van der Waals surface area contributed by atoms with Gasteiger partial charge >= 0.3 is 0 Å². The minimum absolute atomic E-state index is 0.473. The van der Waals surface area contributed by atoms with E-state index in [1.165, 1.54) is 25.7 Å². The fraction of sp³-hybridized carbons (Fsp3) is 0.500. The van der Waals surface area contributed by atoms with Crippen molar-refractivity contribution in [2.24, 2.45) is 5.41 Å². The minimum Gasteiger partial charge on any atom is -0.381 e. The van der Waals surface area contributed by atoms with Crippen LogP contribution in [0.1, 0.15) is 39.5 Å². The van der Waals surface area contributed by atoms with E-state index in [2.05, 4.69) is 29.2 Å². The highest BCUT2D eigenvalue weighted by Crippen LogP contribution is 2.37. The van der Waals surface area contributed by atoms with E-state index >= 15 is 0 Å². The first-order valence-electron chi connectivity index (χ1n) is 7.45. The van der Waals surface area contributed by atoms with Crippen molar-refractivity contribution in [3.8, 4) is 5.69 Å². The highest BCUT2D eigenvalue weighted by molar-refractivity contribution is 6.31. The van der Waals surface area contributed by atoms with Crippen LogP contribution in [-0.2, 0) is 0 Å². The number of halogens is 1. The van der Waals surface area contributed by atoms with Gasteiger partial charge in [0, 0.05) is 11.1 Å². The van der Waals surface area contributed by atoms with E-state index in [-0.39, 0.29) is 0 Å². The van der Waals surface area contributed by atoms with Gasteiger partial charge in [0.1, 0.15) is 12.7 Å². The number of nitrogens with one attached hydrogen (secondary N) is 1. The molecule has 2 aromatic rings. The van der Waals surface area contributed by atoms with E-state index in [1.54, 1.807) is 17.3 Å². The normalized spacial score (nSPS) is 18.6. The van der Waals surface area contributed by atoms with Gasteiger partial charge in [0.05, 0.1) is 11.4 Å². The van der Waals surface area contributed by atoms with Crippen molar-refractivity contribution in [2.75, 3.05) is 5.32 Å². The summed E-state index contributed by atoms with van der Waals surface area (Å²) in [6.07, 6.45) is 8.14. The van der Waals surface area contributed by atoms with Gasteiger partial charge in [-0.1, -0.05) is 25.4 Å². The first-order chi connectivity index (χ1) is 10.0. The molecule has 0 saturated heterocycles. The molecule has 0 spiro atoms. The lowest BCUT2D eigenvalue weighted by atomic mass is 9.75. The second kappa shape index (κ2) is 5.68. The summed E-state index contributed by atoms with van der Waals surface area (Å²) in [7, 11) is 0. The number of benzene rings is 1. The van der Waals surface area contributed by atoms with Gasteiger partial charge in [-0.3, -0.25) is 0 Å². The molecule has 0 bridgehead atoms. The van der Waals surface area contributed by atoms with E-state index in [0.717, 1.165) is 16.4 Å². The quantitative estimate of drug-likeness (QED) is 0.919. The van der Waals surface area contributed by atoms with Crippen LogP contribution < -0.4 is 5.32 Å². The number of anilines is 1. The topological polar surface area (TPSA) is 42.7 Å². The molecule has 1 saturated carbocycles. The van der Waals surface area contributed by atoms with Crippen molar-refractivity contribution in [3.63, 3.8) is 0 Å². The molecule has 112 valence electrons. The Morgan fingerprint density at radius 3 is 2.71 bits per heavy atom. The van der Waals surface area contributed by atoms with Gasteiger partial charge < -0.3 is 5.32 Å². The first kappa shape index (κ1) is 14.4. The summed E-state index contributed by atoms with van der Waals surface area (Å²) in [5, 5.41) is 8.59. The third-order valence-electron chi connectivity index (χ3n) is 4.32. The van der Waals surface area contributed by atoms with Crippen molar-refractivity contribution >= 4 is 17.3 Å². The largest absolute Gasteiger partial charge is 0.381 e. The Hall–Kier alpha value is -1.55. The van der Waals surface area contributed by atoms with E-state index in [4.69, 9.17) is 11.6 Å². The molecule has 1 fully saturated rings. The predicted molar refractivity (Wildman–Crippen MR) is 86.0 cm³/mol. The fourth-order valence-electron chi connectivity index (χ4n) is 2.92.